The van der Waals surface area contributed by atoms with E-state index in [2.05, 4.69) is 52.8 Å². The highest BCUT2D eigenvalue weighted by Gasteiger charge is 2.40. The summed E-state index contributed by atoms with van der Waals surface area (Å²) in [6.45, 7) is 13.0. The van der Waals surface area contributed by atoms with Gasteiger partial charge in [0.25, 0.3) is 0 Å². The zero-order valence-corrected chi connectivity index (χ0v) is 23.6. The number of hydrogen-bond acceptors (Lipinski definition) is 7. The van der Waals surface area contributed by atoms with Crippen molar-refractivity contribution in [2.24, 2.45) is 0 Å². The minimum Gasteiger partial charge on any atom is -0.477 e. The zero-order valence-electron chi connectivity index (χ0n) is 21.0. The maximum atomic E-state index is 13.0. The van der Waals surface area contributed by atoms with E-state index in [1.165, 1.54) is 0 Å². The predicted molar refractivity (Wildman–Crippen MR) is 137 cm³/mol. The molecule has 7 nitrogen and oxygen atoms in total. The number of alkyl halides is 3. The third kappa shape index (κ3) is 7.71. The van der Waals surface area contributed by atoms with Gasteiger partial charge in [-0.15, -0.1) is 0 Å². The number of aryl methyl sites for hydroxylation is 1. The first kappa shape index (κ1) is 29.2. The van der Waals surface area contributed by atoms with Crippen molar-refractivity contribution in [3.05, 3.63) is 33.6 Å². The number of nitrogens with zero attached hydrogens (tertiary/aromatic N) is 2. The molecule has 0 aliphatic carbocycles. The van der Waals surface area contributed by atoms with Crippen LogP contribution in [0.15, 0.2) is 16.6 Å². The number of aromatic nitrogens is 2. The van der Waals surface area contributed by atoms with Crippen LogP contribution < -0.4 is 20.9 Å². The maximum absolute atomic E-state index is 13.0. The molecular weight excluding hydrogens is 545 g/mol. The Morgan fingerprint density at radius 2 is 1.57 bits per heavy atom. The molecule has 0 saturated heterocycles. The summed E-state index contributed by atoms with van der Waals surface area (Å²) in [5.41, 5.74) is 12.7. The lowest BCUT2D eigenvalue weighted by Gasteiger charge is -2.39. The number of anilines is 2. The predicted octanol–water partition coefficient (Wildman–Crippen LogP) is 6.28. The first-order valence-electron chi connectivity index (χ1n) is 11.2. The number of nitrogens with two attached hydrogens (primary N) is 2. The number of nitrogen functional groups attached to an aromatic ring is 2. The Kier molecular flexibility index (Phi) is 9.45. The summed E-state index contributed by atoms with van der Waals surface area (Å²) >= 11 is 3.13. The van der Waals surface area contributed by atoms with Gasteiger partial charge in [-0.2, -0.15) is 13.2 Å². The molecule has 0 bridgehead atoms. The van der Waals surface area contributed by atoms with Crippen LogP contribution in [0.3, 0.4) is 0 Å². The normalized spacial score (nSPS) is 12.6. The van der Waals surface area contributed by atoms with Crippen molar-refractivity contribution in [2.75, 3.05) is 31.3 Å². The van der Waals surface area contributed by atoms with E-state index in [-0.39, 0.29) is 34.3 Å². The van der Waals surface area contributed by atoms with Crippen molar-refractivity contribution < 1.29 is 27.1 Å². The molecule has 35 heavy (non-hydrogen) atoms. The average molecular weight is 580 g/mol. The van der Waals surface area contributed by atoms with E-state index < -0.39 is 20.2 Å². The smallest absolute Gasteiger partial charge is 0.433 e. The fourth-order valence-corrected chi connectivity index (χ4v) is 5.33. The summed E-state index contributed by atoms with van der Waals surface area (Å²) in [7, 11) is -2.20. The van der Waals surface area contributed by atoms with E-state index in [1.54, 1.807) is 0 Å². The molecule has 0 unspecified atom stereocenters. The molecule has 0 aliphatic rings. The van der Waals surface area contributed by atoms with Gasteiger partial charge >= 0.3 is 6.18 Å². The lowest BCUT2D eigenvalue weighted by molar-refractivity contribution is -0.141. The number of hydrogen-bond donors (Lipinski definition) is 2. The summed E-state index contributed by atoms with van der Waals surface area (Å²) in [5, 5.41) is -0.0933. The van der Waals surface area contributed by atoms with Crippen LogP contribution in [-0.2, 0) is 10.6 Å². The van der Waals surface area contributed by atoms with Gasteiger partial charge in [-0.1, -0.05) is 13.8 Å². The molecule has 12 heteroatoms. The van der Waals surface area contributed by atoms with E-state index in [4.69, 9.17) is 25.4 Å². The molecule has 0 spiro atoms. The van der Waals surface area contributed by atoms with Crippen LogP contribution in [0.1, 0.15) is 43.6 Å². The third-order valence-corrected chi connectivity index (χ3v) is 11.5. The average Bonchev–Trinajstić information content (AvgIpc) is 2.73. The largest absolute Gasteiger partial charge is 0.477 e. The molecule has 0 aromatic carbocycles. The lowest BCUT2D eigenvalue weighted by Crippen LogP contribution is -2.43. The maximum Gasteiger partial charge on any atom is 0.433 e. The lowest BCUT2D eigenvalue weighted by atomic mass is 10.1. The van der Waals surface area contributed by atoms with Crippen molar-refractivity contribution >= 4 is 35.6 Å². The molecule has 0 atom stereocenters. The second-order valence-corrected chi connectivity index (χ2v) is 15.0. The SMILES string of the molecule is Cc1cc(N)c(C)c(OCCCC(C)(C)[Si](C)(C)OCCOc2nc(C(F)(F)F)cc(N)c2Br)n1. The monoisotopic (exact) mass is 578 g/mol. The van der Waals surface area contributed by atoms with Crippen LogP contribution in [0, 0.1) is 13.8 Å². The Balaban J connectivity index is 1.87. The van der Waals surface area contributed by atoms with Crippen LogP contribution in [0.25, 0.3) is 0 Å². The standard InChI is InChI=1S/C23H34BrF3N4O3Si/c1-14-12-16(28)15(2)20(30-14)32-9-7-8-22(3,4)35(5,6)34-11-10-33-21-19(24)17(29)13-18(31-21)23(25,26)27/h12-13H,7-11H2,1-6H3,(H2,28,30)(H2,29,31). The van der Waals surface area contributed by atoms with E-state index in [1.807, 2.05) is 19.9 Å². The van der Waals surface area contributed by atoms with Gasteiger partial charge < -0.3 is 25.4 Å². The van der Waals surface area contributed by atoms with Crippen molar-refractivity contribution in [3.8, 4) is 11.8 Å². The van der Waals surface area contributed by atoms with Crippen molar-refractivity contribution in [1.82, 2.24) is 9.97 Å². The molecule has 0 radical (unpaired) electrons. The molecule has 0 fully saturated rings. The highest BCUT2D eigenvalue weighted by molar-refractivity contribution is 9.10. The number of ether oxygens (including phenoxy) is 2. The van der Waals surface area contributed by atoms with Gasteiger partial charge in [0.05, 0.1) is 18.9 Å². The van der Waals surface area contributed by atoms with Crippen LogP contribution >= 0.6 is 15.9 Å². The van der Waals surface area contributed by atoms with Crippen LogP contribution in [0.2, 0.25) is 18.1 Å². The Morgan fingerprint density at radius 3 is 2.20 bits per heavy atom. The minimum absolute atomic E-state index is 0.0434. The summed E-state index contributed by atoms with van der Waals surface area (Å²) in [6, 6.07) is 2.58. The molecule has 0 aliphatic heterocycles. The summed E-state index contributed by atoms with van der Waals surface area (Å²) in [6.07, 6.45) is -2.95. The van der Waals surface area contributed by atoms with Crippen LogP contribution in [0.5, 0.6) is 11.8 Å². The third-order valence-electron chi connectivity index (χ3n) is 6.24. The quantitative estimate of drug-likeness (QED) is 0.239. The van der Waals surface area contributed by atoms with E-state index in [9.17, 15) is 13.2 Å². The first-order valence-corrected chi connectivity index (χ1v) is 14.9. The Labute approximate surface area is 214 Å². The highest BCUT2D eigenvalue weighted by atomic mass is 79.9. The van der Waals surface area contributed by atoms with Crippen LogP contribution in [-0.4, -0.2) is 38.1 Å². The second kappa shape index (κ2) is 11.3. The van der Waals surface area contributed by atoms with E-state index in [0.717, 1.165) is 30.2 Å². The van der Waals surface area contributed by atoms with E-state index in [0.29, 0.717) is 18.2 Å². The fourth-order valence-electron chi connectivity index (χ4n) is 3.25. The second-order valence-electron chi connectivity index (χ2n) is 9.54. The molecule has 0 amide bonds. The molecule has 2 aromatic rings. The summed E-state index contributed by atoms with van der Waals surface area (Å²) in [5.74, 6) is 0.345. The molecule has 2 heterocycles. The van der Waals surface area contributed by atoms with Crippen molar-refractivity contribution in [3.63, 3.8) is 0 Å². The molecule has 2 rings (SSSR count). The Hall–Kier alpha value is -2.05. The molecule has 4 N–H and O–H groups in total. The topological polar surface area (TPSA) is 106 Å². The van der Waals surface area contributed by atoms with Crippen molar-refractivity contribution in [1.29, 1.82) is 0 Å². The van der Waals surface area contributed by atoms with Crippen LogP contribution in [0.4, 0.5) is 24.5 Å². The van der Waals surface area contributed by atoms with Gasteiger partial charge in [0.2, 0.25) is 11.8 Å². The highest BCUT2D eigenvalue weighted by Crippen LogP contribution is 2.42. The van der Waals surface area contributed by atoms with Gasteiger partial charge in [-0.05, 0) is 72.9 Å². The summed E-state index contributed by atoms with van der Waals surface area (Å²) < 4.78 is 56.7. The van der Waals surface area contributed by atoms with Crippen molar-refractivity contribution in [2.45, 2.75) is 64.8 Å². The molecule has 2 aromatic heterocycles. The number of rotatable bonds is 11. The van der Waals surface area contributed by atoms with Gasteiger partial charge in [-0.3, -0.25) is 0 Å². The van der Waals surface area contributed by atoms with Gasteiger partial charge in [-0.25, -0.2) is 9.97 Å². The van der Waals surface area contributed by atoms with Gasteiger partial charge in [0, 0.05) is 16.9 Å². The molecular formula is C23H34BrF3N4O3Si. The van der Waals surface area contributed by atoms with Gasteiger partial charge in [0.1, 0.15) is 11.1 Å². The number of halogens is 4. The number of pyridine rings is 2. The Bertz CT molecular complexity index is 1040. The molecule has 196 valence electrons. The summed E-state index contributed by atoms with van der Waals surface area (Å²) in [4.78, 5) is 7.94. The van der Waals surface area contributed by atoms with Gasteiger partial charge in [0.15, 0.2) is 14.0 Å². The minimum atomic E-state index is -4.62. The molecule has 0 saturated carbocycles. The zero-order chi connectivity index (χ0) is 26.6. The Morgan fingerprint density at radius 1 is 0.943 bits per heavy atom. The fraction of sp³-hybridized carbons (Fsp3) is 0.565. The first-order chi connectivity index (χ1) is 16.0. The van der Waals surface area contributed by atoms with E-state index >= 15 is 0 Å².